The predicted octanol–water partition coefficient (Wildman–Crippen LogP) is 4.19. The van der Waals surface area contributed by atoms with Crippen LogP contribution in [0.3, 0.4) is 0 Å². The maximum atomic E-state index is 13.6. The van der Waals surface area contributed by atoms with Gasteiger partial charge in [-0.15, -0.1) is 11.3 Å². The Labute approximate surface area is 173 Å². The number of hydrogen-bond acceptors (Lipinski definition) is 6. The lowest BCUT2D eigenvalue weighted by molar-refractivity contribution is -0.141. The molecule has 0 amide bonds. The molecule has 6 nitrogen and oxygen atoms in total. The summed E-state index contributed by atoms with van der Waals surface area (Å²) in [6.07, 6.45) is -0.237. The highest BCUT2D eigenvalue weighted by atomic mass is 32.1. The van der Waals surface area contributed by atoms with E-state index in [2.05, 4.69) is 0 Å². The fourth-order valence-corrected chi connectivity index (χ4v) is 4.39. The second kappa shape index (κ2) is 8.29. The van der Waals surface area contributed by atoms with Crippen LogP contribution in [0, 0.1) is 13.8 Å². The number of carbonyl (C=O) groups is 2. The number of fused-ring (bicyclic) bond motifs is 1. The molecule has 2 aromatic heterocycles. The first-order chi connectivity index (χ1) is 13.8. The number of rotatable bonds is 6. The number of Topliss-reactive ketones (excluding diaryl/α,β-unsaturated/α-hetero) is 1. The lowest BCUT2D eigenvalue weighted by Crippen LogP contribution is -2.35. The van der Waals surface area contributed by atoms with Gasteiger partial charge in [-0.05, 0) is 19.4 Å². The molecule has 29 heavy (non-hydrogen) atoms. The van der Waals surface area contributed by atoms with Crippen molar-refractivity contribution in [2.75, 3.05) is 7.11 Å². The number of ketones is 1. The van der Waals surface area contributed by atoms with Gasteiger partial charge in [0, 0.05) is 16.4 Å². The highest BCUT2D eigenvalue weighted by Crippen LogP contribution is 2.30. The molecule has 0 saturated heterocycles. The van der Waals surface area contributed by atoms with Crippen LogP contribution in [0.25, 0.3) is 10.2 Å². The van der Waals surface area contributed by atoms with Crippen molar-refractivity contribution in [1.29, 1.82) is 0 Å². The van der Waals surface area contributed by atoms with Gasteiger partial charge in [0.1, 0.15) is 16.7 Å². The highest BCUT2D eigenvalue weighted by molar-refractivity contribution is 7.18. The summed E-state index contributed by atoms with van der Waals surface area (Å²) in [7, 11) is 1.27. The second-order valence-electron chi connectivity index (χ2n) is 7.29. The Morgan fingerprint density at radius 1 is 1.17 bits per heavy atom. The van der Waals surface area contributed by atoms with E-state index in [9.17, 15) is 14.4 Å². The predicted molar refractivity (Wildman–Crippen MR) is 114 cm³/mol. The molecule has 0 aliphatic rings. The molecule has 3 aromatic rings. The minimum Gasteiger partial charge on any atom is -0.469 e. The first kappa shape index (κ1) is 20.9. The third kappa shape index (κ3) is 3.87. The van der Waals surface area contributed by atoms with Gasteiger partial charge >= 0.3 is 5.97 Å². The third-order valence-electron chi connectivity index (χ3n) is 5.04. The standard InChI is InChI=1S/C22H24N2O4S/c1-12(2)20-23-21-18(13(3)14(4)29-21)22(27)24(20)16(11-17(25)28-5)19(26)15-9-7-6-8-10-15/h6-10,12,16H,11H2,1-5H3. The summed E-state index contributed by atoms with van der Waals surface area (Å²) >= 11 is 1.47. The zero-order valence-electron chi connectivity index (χ0n) is 17.2. The van der Waals surface area contributed by atoms with Gasteiger partial charge in [-0.2, -0.15) is 0 Å². The summed E-state index contributed by atoms with van der Waals surface area (Å²) in [6.45, 7) is 7.66. The number of carbonyl (C=O) groups excluding carboxylic acids is 2. The Hall–Kier alpha value is -2.80. The largest absolute Gasteiger partial charge is 0.469 e. The van der Waals surface area contributed by atoms with Crippen LogP contribution >= 0.6 is 11.3 Å². The third-order valence-corrected chi connectivity index (χ3v) is 6.14. The van der Waals surface area contributed by atoms with Crippen molar-refractivity contribution >= 4 is 33.3 Å². The van der Waals surface area contributed by atoms with Crippen LogP contribution in [-0.2, 0) is 9.53 Å². The smallest absolute Gasteiger partial charge is 0.308 e. The molecule has 0 saturated carbocycles. The van der Waals surface area contributed by atoms with Crippen molar-refractivity contribution in [2.45, 2.75) is 46.1 Å². The van der Waals surface area contributed by atoms with Crippen molar-refractivity contribution in [1.82, 2.24) is 9.55 Å². The van der Waals surface area contributed by atoms with E-state index in [1.807, 2.05) is 33.8 Å². The average Bonchev–Trinajstić information content (AvgIpc) is 3.00. The summed E-state index contributed by atoms with van der Waals surface area (Å²) in [5, 5.41) is 0.507. The number of thiophene rings is 1. The van der Waals surface area contributed by atoms with Crippen molar-refractivity contribution in [2.24, 2.45) is 0 Å². The van der Waals surface area contributed by atoms with Gasteiger partial charge in [0.25, 0.3) is 5.56 Å². The molecule has 7 heteroatoms. The van der Waals surface area contributed by atoms with Crippen LogP contribution in [0.1, 0.15) is 58.9 Å². The normalized spacial score (nSPS) is 12.3. The van der Waals surface area contributed by atoms with Gasteiger partial charge in [0.15, 0.2) is 5.78 Å². The summed E-state index contributed by atoms with van der Waals surface area (Å²) in [6, 6.07) is 7.65. The Balaban J connectivity index is 2.31. The molecule has 1 aromatic carbocycles. The van der Waals surface area contributed by atoms with E-state index in [0.29, 0.717) is 21.6 Å². The van der Waals surface area contributed by atoms with Gasteiger partial charge < -0.3 is 4.74 Å². The van der Waals surface area contributed by atoms with Crippen LogP contribution in [-0.4, -0.2) is 28.4 Å². The number of benzene rings is 1. The number of nitrogens with zero attached hydrogens (tertiary/aromatic N) is 2. The highest BCUT2D eigenvalue weighted by Gasteiger charge is 2.31. The van der Waals surface area contributed by atoms with E-state index < -0.39 is 12.0 Å². The molecule has 3 rings (SSSR count). The molecule has 1 atom stereocenters. The van der Waals surface area contributed by atoms with Crippen molar-refractivity contribution in [3.63, 3.8) is 0 Å². The summed E-state index contributed by atoms with van der Waals surface area (Å²) in [4.78, 5) is 45.5. The Bertz CT molecular complexity index is 1130. The Morgan fingerprint density at radius 2 is 1.83 bits per heavy atom. The van der Waals surface area contributed by atoms with Crippen molar-refractivity contribution < 1.29 is 14.3 Å². The number of esters is 1. The zero-order valence-corrected chi connectivity index (χ0v) is 18.0. The molecule has 1 unspecified atom stereocenters. The van der Waals surface area contributed by atoms with Crippen molar-refractivity contribution in [3.8, 4) is 0 Å². The van der Waals surface area contributed by atoms with Gasteiger partial charge in [0.2, 0.25) is 0 Å². The first-order valence-electron chi connectivity index (χ1n) is 9.44. The lowest BCUT2D eigenvalue weighted by atomic mass is 10.00. The van der Waals surface area contributed by atoms with Gasteiger partial charge in [-0.25, -0.2) is 4.98 Å². The van der Waals surface area contributed by atoms with E-state index in [1.54, 1.807) is 24.3 Å². The molecule has 0 bridgehead atoms. The molecule has 0 aliphatic carbocycles. The number of hydrogen-bond donors (Lipinski definition) is 0. The first-order valence-corrected chi connectivity index (χ1v) is 10.3. The van der Waals surface area contributed by atoms with Crippen LogP contribution in [0.15, 0.2) is 35.1 Å². The molecule has 2 heterocycles. The molecule has 152 valence electrons. The molecule has 0 fully saturated rings. The SMILES string of the molecule is COC(=O)CC(C(=O)c1ccccc1)n1c(C(C)C)nc2sc(C)c(C)c2c1=O. The van der Waals surface area contributed by atoms with Crippen LogP contribution in [0.4, 0.5) is 0 Å². The summed E-state index contributed by atoms with van der Waals surface area (Å²) < 4.78 is 6.22. The van der Waals surface area contributed by atoms with Gasteiger partial charge in [-0.3, -0.25) is 19.0 Å². The van der Waals surface area contributed by atoms with Gasteiger partial charge in [0.05, 0.1) is 18.9 Å². The van der Waals surface area contributed by atoms with Crippen LogP contribution < -0.4 is 5.56 Å². The maximum Gasteiger partial charge on any atom is 0.308 e. The van der Waals surface area contributed by atoms with Crippen molar-refractivity contribution in [3.05, 3.63) is 62.5 Å². The van der Waals surface area contributed by atoms with Gasteiger partial charge in [-0.1, -0.05) is 44.2 Å². The number of ether oxygens (including phenoxy) is 1. The van der Waals surface area contributed by atoms with Crippen LogP contribution in [0.2, 0.25) is 0 Å². The number of aromatic nitrogens is 2. The lowest BCUT2D eigenvalue weighted by Gasteiger charge is -2.23. The molecule has 0 spiro atoms. The fraction of sp³-hybridized carbons (Fsp3) is 0.364. The van der Waals surface area contributed by atoms with Crippen LogP contribution in [0.5, 0.6) is 0 Å². The fourth-order valence-electron chi connectivity index (χ4n) is 3.37. The quantitative estimate of drug-likeness (QED) is 0.448. The Morgan fingerprint density at radius 3 is 2.41 bits per heavy atom. The minimum atomic E-state index is -1.02. The van der Waals surface area contributed by atoms with E-state index in [0.717, 1.165) is 10.4 Å². The van der Waals surface area contributed by atoms with E-state index in [1.165, 1.54) is 23.0 Å². The summed E-state index contributed by atoms with van der Waals surface area (Å²) in [5.74, 6) is -0.495. The number of aryl methyl sites for hydroxylation is 2. The molecular formula is C22H24N2O4S. The molecule has 0 aliphatic heterocycles. The minimum absolute atomic E-state index is 0.112. The van der Waals surface area contributed by atoms with E-state index in [-0.39, 0.29) is 23.7 Å². The average molecular weight is 413 g/mol. The second-order valence-corrected chi connectivity index (χ2v) is 8.49. The van der Waals surface area contributed by atoms with E-state index in [4.69, 9.17) is 9.72 Å². The molecule has 0 N–H and O–H groups in total. The molecular weight excluding hydrogens is 388 g/mol. The topological polar surface area (TPSA) is 78.3 Å². The Kier molecular flexibility index (Phi) is 5.98. The number of methoxy groups -OCH3 is 1. The molecule has 0 radical (unpaired) electrons. The maximum absolute atomic E-state index is 13.6. The summed E-state index contributed by atoms with van der Waals surface area (Å²) in [5.41, 5.74) is 0.996. The monoisotopic (exact) mass is 412 g/mol. The van der Waals surface area contributed by atoms with E-state index >= 15 is 0 Å². The zero-order chi connectivity index (χ0) is 21.3.